The Labute approximate surface area is 117 Å². The Hall–Kier alpha value is -1.36. The summed E-state index contributed by atoms with van der Waals surface area (Å²) in [5.41, 5.74) is 0.483. The van der Waals surface area contributed by atoms with Gasteiger partial charge in [0.2, 0.25) is 5.91 Å². The molecule has 0 radical (unpaired) electrons. The van der Waals surface area contributed by atoms with Gasteiger partial charge >= 0.3 is 5.97 Å². The molecule has 1 amide bonds. The standard InChI is InChI=1S/C14H19NO3S/c1-3-10-8-11(14(17)18-4-2)13(19-10)15-12(16)9-6-5-7-9/h8-9H,3-7H2,1-2H3,(H,15,16). The lowest BCUT2D eigenvalue weighted by Crippen LogP contribution is -2.28. The molecule has 1 N–H and O–H groups in total. The van der Waals surface area contributed by atoms with Gasteiger partial charge in [-0.25, -0.2) is 4.79 Å². The molecule has 19 heavy (non-hydrogen) atoms. The van der Waals surface area contributed by atoms with Crippen LogP contribution in [0.25, 0.3) is 0 Å². The van der Waals surface area contributed by atoms with Gasteiger partial charge in [-0.05, 0) is 32.3 Å². The lowest BCUT2D eigenvalue weighted by Gasteiger charge is -2.23. The number of hydrogen-bond acceptors (Lipinski definition) is 4. The third-order valence-electron chi connectivity index (χ3n) is 3.34. The number of carbonyl (C=O) groups is 2. The van der Waals surface area contributed by atoms with E-state index in [4.69, 9.17) is 4.74 Å². The third kappa shape index (κ3) is 3.15. The van der Waals surface area contributed by atoms with E-state index in [1.54, 1.807) is 6.92 Å². The van der Waals surface area contributed by atoms with E-state index in [9.17, 15) is 9.59 Å². The zero-order valence-electron chi connectivity index (χ0n) is 11.3. The van der Waals surface area contributed by atoms with Gasteiger partial charge in [0.1, 0.15) is 5.00 Å². The van der Waals surface area contributed by atoms with Gasteiger partial charge in [-0.1, -0.05) is 13.3 Å². The van der Waals surface area contributed by atoms with Crippen molar-refractivity contribution in [3.8, 4) is 0 Å². The van der Waals surface area contributed by atoms with Crippen LogP contribution in [0, 0.1) is 5.92 Å². The number of anilines is 1. The summed E-state index contributed by atoms with van der Waals surface area (Å²) in [5, 5.41) is 3.52. The summed E-state index contributed by atoms with van der Waals surface area (Å²) in [7, 11) is 0. The van der Waals surface area contributed by atoms with E-state index in [0.717, 1.165) is 30.6 Å². The Bertz CT molecular complexity index is 477. The molecule has 1 fully saturated rings. The molecule has 0 spiro atoms. The smallest absolute Gasteiger partial charge is 0.341 e. The first-order valence-corrected chi connectivity index (χ1v) is 7.58. The molecule has 1 aliphatic rings. The minimum Gasteiger partial charge on any atom is -0.462 e. The molecule has 1 aromatic rings. The first-order chi connectivity index (χ1) is 9.15. The molecule has 1 saturated carbocycles. The second kappa shape index (κ2) is 6.19. The van der Waals surface area contributed by atoms with Crippen molar-refractivity contribution in [1.82, 2.24) is 0 Å². The van der Waals surface area contributed by atoms with Gasteiger partial charge in [-0.2, -0.15) is 0 Å². The fourth-order valence-corrected chi connectivity index (χ4v) is 2.94. The number of amides is 1. The van der Waals surface area contributed by atoms with E-state index in [-0.39, 0.29) is 17.8 Å². The molecule has 1 heterocycles. The summed E-state index contributed by atoms with van der Waals surface area (Å²) in [5.74, 6) is -0.217. The number of ether oxygens (including phenoxy) is 1. The first kappa shape index (κ1) is 14.1. The van der Waals surface area contributed by atoms with Gasteiger partial charge < -0.3 is 10.1 Å². The Morgan fingerprint density at radius 1 is 1.42 bits per heavy atom. The number of nitrogens with one attached hydrogen (secondary N) is 1. The number of hydrogen-bond donors (Lipinski definition) is 1. The predicted octanol–water partition coefficient (Wildman–Crippen LogP) is 3.23. The summed E-state index contributed by atoms with van der Waals surface area (Å²) in [6, 6.07) is 1.82. The van der Waals surface area contributed by atoms with Crippen LogP contribution >= 0.6 is 11.3 Å². The molecule has 0 unspecified atom stereocenters. The lowest BCUT2D eigenvalue weighted by atomic mass is 9.85. The van der Waals surface area contributed by atoms with Gasteiger partial charge in [-0.3, -0.25) is 4.79 Å². The molecular weight excluding hydrogens is 262 g/mol. The second-order valence-electron chi connectivity index (χ2n) is 4.65. The van der Waals surface area contributed by atoms with Crippen LogP contribution in [0.3, 0.4) is 0 Å². The third-order valence-corrected chi connectivity index (χ3v) is 4.53. The molecule has 0 bridgehead atoms. The van der Waals surface area contributed by atoms with Crippen LogP contribution in [0.1, 0.15) is 48.3 Å². The molecule has 5 heteroatoms. The highest BCUT2D eigenvalue weighted by molar-refractivity contribution is 7.16. The number of thiophene rings is 1. The van der Waals surface area contributed by atoms with E-state index in [0.29, 0.717) is 17.2 Å². The second-order valence-corrected chi connectivity index (χ2v) is 5.78. The van der Waals surface area contributed by atoms with Crippen LogP contribution in [-0.2, 0) is 16.0 Å². The summed E-state index contributed by atoms with van der Waals surface area (Å²) in [6.07, 6.45) is 3.86. The van der Waals surface area contributed by atoms with Crippen molar-refractivity contribution in [3.63, 3.8) is 0 Å². The average Bonchev–Trinajstić information content (AvgIpc) is 2.70. The van der Waals surface area contributed by atoms with Crippen LogP contribution in [0.5, 0.6) is 0 Å². The summed E-state index contributed by atoms with van der Waals surface area (Å²) < 4.78 is 5.03. The van der Waals surface area contributed by atoms with E-state index in [1.807, 2.05) is 13.0 Å². The van der Waals surface area contributed by atoms with Gasteiger partial charge in [0, 0.05) is 10.8 Å². The van der Waals surface area contributed by atoms with Crippen molar-refractivity contribution in [2.75, 3.05) is 11.9 Å². The zero-order valence-corrected chi connectivity index (χ0v) is 12.1. The predicted molar refractivity (Wildman–Crippen MR) is 75.6 cm³/mol. The summed E-state index contributed by atoms with van der Waals surface area (Å²) in [4.78, 5) is 24.9. The maximum Gasteiger partial charge on any atom is 0.341 e. The molecule has 1 aromatic heterocycles. The highest BCUT2D eigenvalue weighted by Crippen LogP contribution is 2.32. The van der Waals surface area contributed by atoms with Crippen molar-refractivity contribution >= 4 is 28.2 Å². The molecule has 2 rings (SSSR count). The fraction of sp³-hybridized carbons (Fsp3) is 0.571. The first-order valence-electron chi connectivity index (χ1n) is 6.76. The molecule has 4 nitrogen and oxygen atoms in total. The Morgan fingerprint density at radius 3 is 2.68 bits per heavy atom. The van der Waals surface area contributed by atoms with E-state index in [2.05, 4.69) is 5.32 Å². The minimum absolute atomic E-state index is 0.0290. The monoisotopic (exact) mass is 281 g/mol. The molecular formula is C14H19NO3S. The van der Waals surface area contributed by atoms with E-state index < -0.39 is 0 Å². The molecule has 1 aliphatic carbocycles. The van der Waals surface area contributed by atoms with Crippen LogP contribution in [0.15, 0.2) is 6.07 Å². The lowest BCUT2D eigenvalue weighted by molar-refractivity contribution is -0.122. The molecule has 104 valence electrons. The van der Waals surface area contributed by atoms with Crippen LogP contribution in [0.4, 0.5) is 5.00 Å². The Balaban J connectivity index is 2.14. The molecule has 0 aromatic carbocycles. The topological polar surface area (TPSA) is 55.4 Å². The summed E-state index contributed by atoms with van der Waals surface area (Å²) in [6.45, 7) is 4.14. The number of carbonyl (C=O) groups excluding carboxylic acids is 2. The number of rotatable bonds is 5. The molecule has 0 saturated heterocycles. The highest BCUT2D eigenvalue weighted by Gasteiger charge is 2.27. The largest absolute Gasteiger partial charge is 0.462 e. The normalized spacial score (nSPS) is 14.8. The Morgan fingerprint density at radius 2 is 2.16 bits per heavy atom. The molecule has 0 aliphatic heterocycles. The number of aryl methyl sites for hydroxylation is 1. The Kier molecular flexibility index (Phi) is 4.58. The van der Waals surface area contributed by atoms with Gasteiger partial charge in [-0.15, -0.1) is 11.3 Å². The highest BCUT2D eigenvalue weighted by atomic mass is 32.1. The van der Waals surface area contributed by atoms with Crippen LogP contribution < -0.4 is 5.32 Å². The number of esters is 1. The maximum atomic E-state index is 12.0. The van der Waals surface area contributed by atoms with Crippen molar-refractivity contribution in [2.24, 2.45) is 5.92 Å². The molecule has 0 atom stereocenters. The fourth-order valence-electron chi connectivity index (χ4n) is 1.95. The van der Waals surface area contributed by atoms with E-state index >= 15 is 0 Å². The zero-order chi connectivity index (χ0) is 13.8. The minimum atomic E-state index is -0.359. The van der Waals surface area contributed by atoms with Crippen LogP contribution in [-0.4, -0.2) is 18.5 Å². The van der Waals surface area contributed by atoms with Crippen molar-refractivity contribution in [1.29, 1.82) is 0 Å². The quantitative estimate of drug-likeness (QED) is 0.843. The van der Waals surface area contributed by atoms with E-state index in [1.165, 1.54) is 11.3 Å². The van der Waals surface area contributed by atoms with Crippen molar-refractivity contribution < 1.29 is 14.3 Å². The van der Waals surface area contributed by atoms with Gasteiger partial charge in [0.15, 0.2) is 0 Å². The average molecular weight is 281 g/mol. The SMILES string of the molecule is CCOC(=O)c1cc(CC)sc1NC(=O)C1CCC1. The maximum absolute atomic E-state index is 12.0. The summed E-state index contributed by atoms with van der Waals surface area (Å²) >= 11 is 1.46. The van der Waals surface area contributed by atoms with Crippen LogP contribution in [0.2, 0.25) is 0 Å². The van der Waals surface area contributed by atoms with Crippen molar-refractivity contribution in [3.05, 3.63) is 16.5 Å². The van der Waals surface area contributed by atoms with Gasteiger partial charge in [0.05, 0.1) is 12.2 Å². The van der Waals surface area contributed by atoms with Crippen molar-refractivity contribution in [2.45, 2.75) is 39.5 Å². The van der Waals surface area contributed by atoms with Gasteiger partial charge in [0.25, 0.3) is 0 Å².